The molecule has 1 heterocycles. The van der Waals surface area contributed by atoms with Crippen LogP contribution >= 0.6 is 0 Å². The van der Waals surface area contributed by atoms with Crippen LogP contribution in [0.3, 0.4) is 0 Å². The summed E-state index contributed by atoms with van der Waals surface area (Å²) in [5, 5.41) is 8.13. The Kier molecular flexibility index (Phi) is 7.10. The summed E-state index contributed by atoms with van der Waals surface area (Å²) in [5.41, 5.74) is 2.44. The van der Waals surface area contributed by atoms with Crippen LogP contribution in [0.15, 0.2) is 6.07 Å². The van der Waals surface area contributed by atoms with Gasteiger partial charge in [0.1, 0.15) is 0 Å². The fraction of sp³-hybridized carbons (Fsp3) is 0.800. The van der Waals surface area contributed by atoms with E-state index in [-0.39, 0.29) is 6.10 Å². The minimum Gasteiger partial charge on any atom is -0.380 e. The lowest BCUT2D eigenvalue weighted by atomic mass is 10.0. The molecule has 0 aliphatic carbocycles. The maximum Gasteiger partial charge on any atom is 0.0725 e. The number of rotatable bonds is 9. The highest BCUT2D eigenvalue weighted by atomic mass is 16.5. The Bertz CT molecular complexity index is 358. The van der Waals surface area contributed by atoms with Crippen LogP contribution in [-0.2, 0) is 24.6 Å². The first-order chi connectivity index (χ1) is 9.15. The molecule has 0 saturated heterocycles. The van der Waals surface area contributed by atoms with Crippen LogP contribution in [0.2, 0.25) is 0 Å². The molecule has 2 unspecified atom stereocenters. The topological polar surface area (TPSA) is 39.1 Å². The molecule has 1 N–H and O–H groups in total. The SMILES string of the molecule is CCCNC(Cc1cc(CC)nn1C)C(CC)OC. The number of nitrogens with zero attached hydrogens (tertiary/aromatic N) is 2. The quantitative estimate of drug-likeness (QED) is 0.746. The third-order valence-corrected chi connectivity index (χ3v) is 3.63. The molecule has 0 fully saturated rings. The van der Waals surface area contributed by atoms with Gasteiger partial charge in [0.2, 0.25) is 0 Å². The first kappa shape index (κ1) is 16.2. The van der Waals surface area contributed by atoms with E-state index in [1.807, 2.05) is 11.7 Å². The normalized spacial score (nSPS) is 14.6. The number of hydrogen-bond donors (Lipinski definition) is 1. The van der Waals surface area contributed by atoms with Crippen LogP contribution in [-0.4, -0.2) is 35.6 Å². The number of methoxy groups -OCH3 is 1. The van der Waals surface area contributed by atoms with Gasteiger partial charge in [-0.25, -0.2) is 0 Å². The third kappa shape index (κ3) is 4.62. The Morgan fingerprint density at radius 3 is 2.58 bits per heavy atom. The highest BCUT2D eigenvalue weighted by molar-refractivity contribution is 5.12. The van der Waals surface area contributed by atoms with Crippen LogP contribution in [0.5, 0.6) is 0 Å². The number of hydrogen-bond acceptors (Lipinski definition) is 3. The van der Waals surface area contributed by atoms with E-state index in [2.05, 4.69) is 37.3 Å². The van der Waals surface area contributed by atoms with E-state index in [4.69, 9.17) is 4.74 Å². The molecule has 0 amide bonds. The Labute approximate surface area is 117 Å². The van der Waals surface area contributed by atoms with Gasteiger partial charge in [-0.15, -0.1) is 0 Å². The van der Waals surface area contributed by atoms with Crippen LogP contribution in [0.4, 0.5) is 0 Å². The molecule has 4 nitrogen and oxygen atoms in total. The number of ether oxygens (including phenoxy) is 1. The summed E-state index contributed by atoms with van der Waals surface area (Å²) in [7, 11) is 3.83. The summed E-state index contributed by atoms with van der Waals surface area (Å²) < 4.78 is 7.61. The van der Waals surface area contributed by atoms with Crippen molar-refractivity contribution in [3.05, 3.63) is 17.5 Å². The molecule has 1 rings (SSSR count). The molecule has 110 valence electrons. The van der Waals surface area contributed by atoms with E-state index < -0.39 is 0 Å². The second kappa shape index (κ2) is 8.33. The lowest BCUT2D eigenvalue weighted by molar-refractivity contribution is 0.0648. The number of nitrogens with one attached hydrogen (secondary N) is 1. The smallest absolute Gasteiger partial charge is 0.0725 e. The second-order valence-corrected chi connectivity index (χ2v) is 5.05. The van der Waals surface area contributed by atoms with Crippen molar-refractivity contribution in [2.24, 2.45) is 7.05 Å². The molecule has 1 aromatic heterocycles. The average molecular weight is 267 g/mol. The van der Waals surface area contributed by atoms with Gasteiger partial charge in [0.25, 0.3) is 0 Å². The Balaban J connectivity index is 2.77. The van der Waals surface area contributed by atoms with Gasteiger partial charge < -0.3 is 10.1 Å². The second-order valence-electron chi connectivity index (χ2n) is 5.05. The molecule has 0 saturated carbocycles. The first-order valence-electron chi connectivity index (χ1n) is 7.44. The summed E-state index contributed by atoms with van der Waals surface area (Å²) >= 11 is 0. The lowest BCUT2D eigenvalue weighted by Gasteiger charge is -2.26. The standard InChI is InChI=1S/C15H29N3O/c1-6-9-16-14(15(8-3)19-5)11-13-10-12(7-2)17-18(13)4/h10,14-16H,6-9,11H2,1-5H3. The van der Waals surface area contributed by atoms with E-state index in [9.17, 15) is 0 Å². The zero-order valence-corrected chi connectivity index (χ0v) is 13.1. The van der Waals surface area contributed by atoms with E-state index in [1.165, 1.54) is 5.69 Å². The molecular weight excluding hydrogens is 238 g/mol. The van der Waals surface area contributed by atoms with Crippen molar-refractivity contribution >= 4 is 0 Å². The summed E-state index contributed by atoms with van der Waals surface area (Å²) in [6.45, 7) is 7.54. The molecule has 0 spiro atoms. The van der Waals surface area contributed by atoms with Crippen molar-refractivity contribution in [3.63, 3.8) is 0 Å². The largest absolute Gasteiger partial charge is 0.380 e. The summed E-state index contributed by atoms with van der Waals surface area (Å²) in [6, 6.07) is 2.57. The Hall–Kier alpha value is -0.870. The number of aryl methyl sites for hydroxylation is 2. The predicted octanol–water partition coefficient (Wildman–Crippen LogP) is 2.32. The van der Waals surface area contributed by atoms with Gasteiger partial charge in [-0.1, -0.05) is 20.8 Å². The van der Waals surface area contributed by atoms with Gasteiger partial charge in [-0.2, -0.15) is 5.10 Å². The molecule has 0 radical (unpaired) electrons. The van der Waals surface area contributed by atoms with Crippen molar-refractivity contribution in [2.75, 3.05) is 13.7 Å². The van der Waals surface area contributed by atoms with Crippen LogP contribution in [0, 0.1) is 0 Å². The van der Waals surface area contributed by atoms with Crippen LogP contribution < -0.4 is 5.32 Å². The van der Waals surface area contributed by atoms with Gasteiger partial charge >= 0.3 is 0 Å². The fourth-order valence-electron chi connectivity index (χ4n) is 2.44. The van der Waals surface area contributed by atoms with Crippen LogP contribution in [0.1, 0.15) is 45.0 Å². The maximum absolute atomic E-state index is 5.61. The molecule has 2 atom stereocenters. The first-order valence-corrected chi connectivity index (χ1v) is 7.44. The molecule has 0 aromatic carbocycles. The van der Waals surface area contributed by atoms with Gasteiger partial charge in [-0.3, -0.25) is 4.68 Å². The highest BCUT2D eigenvalue weighted by Gasteiger charge is 2.21. The number of aromatic nitrogens is 2. The van der Waals surface area contributed by atoms with Crippen molar-refractivity contribution in [1.82, 2.24) is 15.1 Å². The average Bonchev–Trinajstić information content (AvgIpc) is 2.77. The van der Waals surface area contributed by atoms with E-state index in [0.29, 0.717) is 6.04 Å². The molecular formula is C15H29N3O. The van der Waals surface area contributed by atoms with Crippen LogP contribution in [0.25, 0.3) is 0 Å². The minimum absolute atomic E-state index is 0.256. The van der Waals surface area contributed by atoms with Gasteiger partial charge in [0, 0.05) is 32.3 Å². The molecule has 0 aliphatic heterocycles. The fourth-order valence-corrected chi connectivity index (χ4v) is 2.44. The summed E-state index contributed by atoms with van der Waals surface area (Å²) in [5.74, 6) is 0. The van der Waals surface area contributed by atoms with Gasteiger partial charge in [0.05, 0.1) is 11.8 Å². The van der Waals surface area contributed by atoms with Crippen molar-refractivity contribution in [1.29, 1.82) is 0 Å². The summed E-state index contributed by atoms with van der Waals surface area (Å²) in [4.78, 5) is 0. The van der Waals surface area contributed by atoms with E-state index in [0.717, 1.165) is 37.9 Å². The Morgan fingerprint density at radius 2 is 2.11 bits per heavy atom. The zero-order chi connectivity index (χ0) is 14.3. The summed E-state index contributed by atoms with van der Waals surface area (Å²) in [6.07, 6.45) is 4.38. The van der Waals surface area contributed by atoms with E-state index >= 15 is 0 Å². The van der Waals surface area contributed by atoms with Gasteiger partial charge in [0.15, 0.2) is 0 Å². The predicted molar refractivity (Wildman–Crippen MR) is 79.5 cm³/mol. The maximum atomic E-state index is 5.61. The van der Waals surface area contributed by atoms with Crippen molar-refractivity contribution < 1.29 is 4.74 Å². The Morgan fingerprint density at radius 1 is 1.37 bits per heavy atom. The lowest BCUT2D eigenvalue weighted by Crippen LogP contribution is -2.43. The molecule has 1 aromatic rings. The molecule has 4 heteroatoms. The van der Waals surface area contributed by atoms with Crippen molar-refractivity contribution in [3.8, 4) is 0 Å². The van der Waals surface area contributed by atoms with Crippen molar-refractivity contribution in [2.45, 2.75) is 58.6 Å². The third-order valence-electron chi connectivity index (χ3n) is 3.63. The minimum atomic E-state index is 0.256. The van der Waals surface area contributed by atoms with E-state index in [1.54, 1.807) is 7.11 Å². The molecule has 0 bridgehead atoms. The molecule has 0 aliphatic rings. The highest BCUT2D eigenvalue weighted by Crippen LogP contribution is 2.12. The molecule has 19 heavy (non-hydrogen) atoms. The monoisotopic (exact) mass is 267 g/mol. The zero-order valence-electron chi connectivity index (χ0n) is 13.1. The van der Waals surface area contributed by atoms with Gasteiger partial charge in [-0.05, 0) is 31.9 Å².